The van der Waals surface area contributed by atoms with Gasteiger partial charge >= 0.3 is 0 Å². The van der Waals surface area contributed by atoms with Crippen molar-refractivity contribution in [1.82, 2.24) is 5.32 Å². The molecule has 0 aliphatic carbocycles. The first-order chi connectivity index (χ1) is 9.93. The summed E-state index contributed by atoms with van der Waals surface area (Å²) < 4.78 is 6.00. The van der Waals surface area contributed by atoms with Crippen molar-refractivity contribution in [3.63, 3.8) is 0 Å². The smallest absolute Gasteiger partial charge is 0.0805 e. The van der Waals surface area contributed by atoms with Crippen LogP contribution in [0.2, 0.25) is 5.02 Å². The summed E-state index contributed by atoms with van der Waals surface area (Å²) in [5, 5.41) is 4.30. The molecule has 1 saturated heterocycles. The van der Waals surface area contributed by atoms with Crippen LogP contribution in [0.15, 0.2) is 18.2 Å². The lowest BCUT2D eigenvalue weighted by Gasteiger charge is -2.43. The molecule has 0 amide bonds. The van der Waals surface area contributed by atoms with Crippen LogP contribution < -0.4 is 10.2 Å². The van der Waals surface area contributed by atoms with Crippen LogP contribution in [0.3, 0.4) is 0 Å². The highest BCUT2D eigenvalue weighted by Gasteiger charge is 2.32. The highest BCUT2D eigenvalue weighted by molar-refractivity contribution is 6.31. The molecule has 1 heterocycles. The molecule has 0 saturated carbocycles. The summed E-state index contributed by atoms with van der Waals surface area (Å²) in [7, 11) is 0. The number of anilines is 1. The van der Waals surface area contributed by atoms with E-state index in [1.54, 1.807) is 0 Å². The van der Waals surface area contributed by atoms with E-state index < -0.39 is 0 Å². The molecule has 1 aromatic rings. The van der Waals surface area contributed by atoms with Crippen LogP contribution in [0.4, 0.5) is 5.69 Å². The van der Waals surface area contributed by atoms with E-state index >= 15 is 0 Å². The molecule has 1 N–H and O–H groups in total. The van der Waals surface area contributed by atoms with Gasteiger partial charge in [0.25, 0.3) is 0 Å². The van der Waals surface area contributed by atoms with Crippen molar-refractivity contribution in [2.45, 2.75) is 52.4 Å². The van der Waals surface area contributed by atoms with Crippen molar-refractivity contribution < 1.29 is 4.74 Å². The predicted octanol–water partition coefficient (Wildman–Crippen LogP) is 3.84. The normalized spacial score (nSPS) is 21.6. The number of morpholine rings is 1. The zero-order valence-electron chi connectivity index (χ0n) is 13.6. The molecular formula is C17H27ClN2O. The average molecular weight is 311 g/mol. The fraction of sp³-hybridized carbons (Fsp3) is 0.647. The summed E-state index contributed by atoms with van der Waals surface area (Å²) in [6.45, 7) is 12.2. The maximum atomic E-state index is 6.44. The van der Waals surface area contributed by atoms with E-state index in [0.717, 1.165) is 37.6 Å². The Balaban J connectivity index is 2.23. The van der Waals surface area contributed by atoms with E-state index in [1.807, 2.05) is 12.1 Å². The molecule has 1 atom stereocenters. The van der Waals surface area contributed by atoms with Crippen molar-refractivity contribution >= 4 is 17.3 Å². The number of halogens is 1. The predicted molar refractivity (Wildman–Crippen MR) is 90.3 cm³/mol. The molecule has 1 unspecified atom stereocenters. The lowest BCUT2D eigenvalue weighted by atomic mass is 10.0. The van der Waals surface area contributed by atoms with Gasteiger partial charge in [-0.3, -0.25) is 0 Å². The van der Waals surface area contributed by atoms with Crippen LogP contribution in [-0.2, 0) is 11.3 Å². The number of hydrogen-bond acceptors (Lipinski definition) is 3. The van der Waals surface area contributed by atoms with Gasteiger partial charge in [-0.25, -0.2) is 0 Å². The Morgan fingerprint density at radius 1 is 1.43 bits per heavy atom. The van der Waals surface area contributed by atoms with Gasteiger partial charge in [0, 0.05) is 35.9 Å². The highest BCUT2D eigenvalue weighted by atomic mass is 35.5. The van der Waals surface area contributed by atoms with Crippen LogP contribution in [0.1, 0.15) is 39.7 Å². The minimum atomic E-state index is -0.131. The summed E-state index contributed by atoms with van der Waals surface area (Å²) in [4.78, 5) is 2.41. The zero-order chi connectivity index (χ0) is 15.5. The Morgan fingerprint density at radius 2 is 2.19 bits per heavy atom. The van der Waals surface area contributed by atoms with Crippen LogP contribution in [0, 0.1) is 0 Å². The van der Waals surface area contributed by atoms with Gasteiger partial charge < -0.3 is 15.0 Å². The van der Waals surface area contributed by atoms with E-state index in [4.69, 9.17) is 16.3 Å². The molecular weight excluding hydrogens is 284 g/mol. The first-order valence-electron chi connectivity index (χ1n) is 7.84. The fourth-order valence-corrected chi connectivity index (χ4v) is 3.28. The van der Waals surface area contributed by atoms with Gasteiger partial charge in [0.2, 0.25) is 0 Å². The van der Waals surface area contributed by atoms with E-state index in [0.29, 0.717) is 0 Å². The number of rotatable bonds is 5. The van der Waals surface area contributed by atoms with Gasteiger partial charge in [0.1, 0.15) is 0 Å². The molecule has 4 heteroatoms. The van der Waals surface area contributed by atoms with E-state index in [-0.39, 0.29) is 11.7 Å². The topological polar surface area (TPSA) is 24.5 Å². The second-order valence-electron chi connectivity index (χ2n) is 6.48. The quantitative estimate of drug-likeness (QED) is 0.836. The summed E-state index contributed by atoms with van der Waals surface area (Å²) in [5.74, 6) is 0. The highest BCUT2D eigenvalue weighted by Crippen LogP contribution is 2.32. The third-order valence-electron chi connectivity index (χ3n) is 3.73. The zero-order valence-corrected chi connectivity index (χ0v) is 14.3. The molecule has 0 bridgehead atoms. The van der Waals surface area contributed by atoms with Crippen LogP contribution in [-0.4, -0.2) is 31.3 Å². The number of benzene rings is 1. The van der Waals surface area contributed by atoms with E-state index in [9.17, 15) is 0 Å². The monoisotopic (exact) mass is 310 g/mol. The summed E-state index contributed by atoms with van der Waals surface area (Å²) >= 11 is 6.44. The van der Waals surface area contributed by atoms with Crippen molar-refractivity contribution in [2.75, 3.05) is 24.5 Å². The van der Waals surface area contributed by atoms with Crippen molar-refractivity contribution in [2.24, 2.45) is 0 Å². The van der Waals surface area contributed by atoms with Crippen LogP contribution >= 0.6 is 11.6 Å². The molecule has 1 fully saturated rings. The number of nitrogens with one attached hydrogen (secondary N) is 1. The Kier molecular flexibility index (Phi) is 5.53. The Bertz CT molecular complexity index is 476. The first-order valence-corrected chi connectivity index (χ1v) is 8.21. The minimum Gasteiger partial charge on any atom is -0.369 e. The van der Waals surface area contributed by atoms with Gasteiger partial charge in [0.15, 0.2) is 0 Å². The van der Waals surface area contributed by atoms with Crippen LogP contribution in [0.25, 0.3) is 0 Å². The largest absolute Gasteiger partial charge is 0.369 e. The second kappa shape index (κ2) is 6.99. The number of nitrogens with zero attached hydrogens (tertiary/aromatic N) is 1. The summed E-state index contributed by atoms with van der Waals surface area (Å²) in [6, 6.07) is 6.18. The third kappa shape index (κ3) is 4.35. The molecule has 1 aliphatic rings. The number of hydrogen-bond donors (Lipinski definition) is 1. The van der Waals surface area contributed by atoms with Crippen LogP contribution in [0.5, 0.6) is 0 Å². The Hall–Kier alpha value is -0.770. The van der Waals surface area contributed by atoms with E-state index in [1.165, 1.54) is 11.3 Å². The summed E-state index contributed by atoms with van der Waals surface area (Å²) in [5.41, 5.74) is 2.29. The van der Waals surface area contributed by atoms with E-state index in [2.05, 4.69) is 44.0 Å². The van der Waals surface area contributed by atoms with Gasteiger partial charge in [-0.1, -0.05) is 24.6 Å². The molecule has 118 valence electrons. The molecule has 1 aromatic carbocycles. The Labute approximate surface area is 133 Å². The van der Waals surface area contributed by atoms with Crippen molar-refractivity contribution in [3.05, 3.63) is 28.8 Å². The first kappa shape index (κ1) is 16.6. The third-order valence-corrected chi connectivity index (χ3v) is 4.09. The lowest BCUT2D eigenvalue weighted by molar-refractivity contribution is -0.0750. The fourth-order valence-electron chi connectivity index (χ4n) is 3.05. The molecule has 2 rings (SSSR count). The summed E-state index contributed by atoms with van der Waals surface area (Å²) in [6.07, 6.45) is 1.35. The standard InChI is InChI=1S/C17H27ClN2O/c1-5-9-19-10-14-15(18)7-6-8-16(14)20-11-13(2)21-17(3,4)12-20/h6-8,13,19H,5,9-12H2,1-4H3. The molecule has 0 aromatic heterocycles. The van der Waals surface area contributed by atoms with Gasteiger partial charge in [-0.2, -0.15) is 0 Å². The Morgan fingerprint density at radius 3 is 2.86 bits per heavy atom. The maximum Gasteiger partial charge on any atom is 0.0805 e. The molecule has 3 nitrogen and oxygen atoms in total. The average Bonchev–Trinajstić information content (AvgIpc) is 2.38. The lowest BCUT2D eigenvalue weighted by Crippen LogP contribution is -2.52. The van der Waals surface area contributed by atoms with Gasteiger partial charge in [-0.15, -0.1) is 0 Å². The minimum absolute atomic E-state index is 0.131. The molecule has 1 aliphatic heterocycles. The maximum absolute atomic E-state index is 6.44. The SMILES string of the molecule is CCCNCc1c(Cl)cccc1N1CC(C)OC(C)(C)C1. The van der Waals surface area contributed by atoms with Gasteiger partial charge in [-0.05, 0) is 45.9 Å². The van der Waals surface area contributed by atoms with Crippen molar-refractivity contribution in [3.8, 4) is 0 Å². The number of ether oxygens (including phenoxy) is 1. The molecule has 21 heavy (non-hydrogen) atoms. The van der Waals surface area contributed by atoms with Gasteiger partial charge in [0.05, 0.1) is 11.7 Å². The molecule has 0 radical (unpaired) electrons. The second-order valence-corrected chi connectivity index (χ2v) is 6.89. The molecule has 0 spiro atoms. The van der Waals surface area contributed by atoms with Crippen molar-refractivity contribution in [1.29, 1.82) is 0 Å².